The Morgan fingerprint density at radius 1 is 1.24 bits per heavy atom. The maximum Gasteiger partial charge on any atom is 0.231 e. The van der Waals surface area contributed by atoms with Gasteiger partial charge in [-0.2, -0.15) is 0 Å². The average Bonchev–Trinajstić information content (AvgIpc) is 1.95. The van der Waals surface area contributed by atoms with E-state index in [1.807, 2.05) is 0 Å². The van der Waals surface area contributed by atoms with Gasteiger partial charge in [-0.1, -0.05) is 27.7 Å². The molecule has 1 N–H and O–H groups in total. The highest BCUT2D eigenvalue weighted by Crippen LogP contribution is 2.33. The van der Waals surface area contributed by atoms with Crippen LogP contribution in [0, 0.1) is 10.8 Å². The fourth-order valence-electron chi connectivity index (χ4n) is 2.65. The Balaban J connectivity index is 2.61. The second-order valence-electron chi connectivity index (χ2n) is 7.20. The summed E-state index contributed by atoms with van der Waals surface area (Å²) in [6.45, 7) is 14.0. The first kappa shape index (κ1) is 14.5. The fraction of sp³-hybridized carbons (Fsp3) is 0.929. The van der Waals surface area contributed by atoms with Crippen molar-refractivity contribution in [2.75, 3.05) is 13.2 Å². The molecule has 0 aromatic rings. The van der Waals surface area contributed by atoms with E-state index < -0.39 is 0 Å². The first-order chi connectivity index (χ1) is 7.60. The van der Waals surface area contributed by atoms with Crippen LogP contribution in [0.5, 0.6) is 0 Å². The van der Waals surface area contributed by atoms with E-state index in [4.69, 9.17) is 4.74 Å². The summed E-state index contributed by atoms with van der Waals surface area (Å²) in [5, 5.41) is 3.19. The van der Waals surface area contributed by atoms with Crippen LogP contribution < -0.4 is 5.32 Å². The molecular weight excluding hydrogens is 214 g/mol. The van der Waals surface area contributed by atoms with Gasteiger partial charge in [0.05, 0.1) is 18.6 Å². The van der Waals surface area contributed by atoms with E-state index in [1.165, 1.54) is 0 Å². The maximum absolute atomic E-state index is 12.3. The highest BCUT2D eigenvalue weighted by molar-refractivity contribution is 5.84. The number of rotatable bonds is 4. The lowest BCUT2D eigenvalue weighted by Crippen LogP contribution is -2.58. The molecule has 1 fully saturated rings. The Morgan fingerprint density at radius 2 is 1.76 bits per heavy atom. The molecule has 17 heavy (non-hydrogen) atoms. The first-order valence-electron chi connectivity index (χ1n) is 6.51. The normalized spacial score (nSPS) is 19.6. The van der Waals surface area contributed by atoms with Gasteiger partial charge in [0.1, 0.15) is 0 Å². The van der Waals surface area contributed by atoms with Crippen LogP contribution in [0.4, 0.5) is 0 Å². The van der Waals surface area contributed by atoms with Crippen molar-refractivity contribution >= 4 is 5.91 Å². The molecule has 1 aliphatic heterocycles. The lowest BCUT2D eigenvalue weighted by molar-refractivity contribution is -0.164. The Morgan fingerprint density at radius 3 is 2.06 bits per heavy atom. The van der Waals surface area contributed by atoms with Gasteiger partial charge in [-0.05, 0) is 32.1 Å². The lowest BCUT2D eigenvalue weighted by Gasteiger charge is -2.42. The van der Waals surface area contributed by atoms with Gasteiger partial charge >= 0.3 is 0 Å². The molecule has 1 amide bonds. The summed E-state index contributed by atoms with van der Waals surface area (Å²) in [5.41, 5.74) is -0.214. The smallest absolute Gasteiger partial charge is 0.231 e. The summed E-state index contributed by atoms with van der Waals surface area (Å²) < 4.78 is 5.20. The highest BCUT2D eigenvalue weighted by Gasteiger charge is 2.45. The molecule has 1 heterocycles. The molecule has 0 saturated carbocycles. The Kier molecular flexibility index (Phi) is 3.92. The van der Waals surface area contributed by atoms with Crippen molar-refractivity contribution in [2.45, 2.75) is 59.9 Å². The van der Waals surface area contributed by atoms with Crippen LogP contribution in [0.25, 0.3) is 0 Å². The molecule has 3 heteroatoms. The minimum absolute atomic E-state index is 0.153. The van der Waals surface area contributed by atoms with E-state index in [0.29, 0.717) is 13.2 Å². The van der Waals surface area contributed by atoms with Gasteiger partial charge in [0.2, 0.25) is 5.91 Å². The molecule has 0 radical (unpaired) electrons. The molecule has 0 bridgehead atoms. The van der Waals surface area contributed by atoms with E-state index in [9.17, 15) is 4.79 Å². The third-order valence-corrected chi connectivity index (χ3v) is 3.34. The van der Waals surface area contributed by atoms with Gasteiger partial charge in [-0.25, -0.2) is 0 Å². The molecule has 0 aromatic carbocycles. The van der Waals surface area contributed by atoms with Gasteiger partial charge < -0.3 is 10.1 Å². The predicted molar refractivity (Wildman–Crippen MR) is 69.8 cm³/mol. The minimum atomic E-state index is -0.269. The van der Waals surface area contributed by atoms with E-state index in [1.54, 1.807) is 0 Å². The summed E-state index contributed by atoms with van der Waals surface area (Å²) in [4.78, 5) is 12.3. The van der Waals surface area contributed by atoms with Crippen molar-refractivity contribution in [1.29, 1.82) is 0 Å². The summed E-state index contributed by atoms with van der Waals surface area (Å²) >= 11 is 0. The van der Waals surface area contributed by atoms with E-state index in [2.05, 4.69) is 46.9 Å². The molecule has 1 rings (SSSR count). The van der Waals surface area contributed by atoms with E-state index in [0.717, 1.165) is 12.8 Å². The zero-order chi connectivity index (χ0) is 13.3. The van der Waals surface area contributed by atoms with Gasteiger partial charge in [-0.3, -0.25) is 4.79 Å². The number of ether oxygens (including phenoxy) is 1. The van der Waals surface area contributed by atoms with Gasteiger partial charge in [0, 0.05) is 5.54 Å². The Bertz CT molecular complexity index is 280. The number of hydrogen-bond donors (Lipinski definition) is 1. The highest BCUT2D eigenvalue weighted by atomic mass is 16.5. The van der Waals surface area contributed by atoms with Crippen LogP contribution in [0.3, 0.4) is 0 Å². The standard InChI is InChI=1S/C14H27NO2/c1-7-14(9-17-10-14)11(16)15-13(5,6)8-12(2,3)4/h7-10H2,1-6H3,(H,15,16). The second kappa shape index (κ2) is 4.60. The van der Waals surface area contributed by atoms with Crippen molar-refractivity contribution in [1.82, 2.24) is 5.32 Å². The van der Waals surface area contributed by atoms with E-state index >= 15 is 0 Å². The zero-order valence-corrected chi connectivity index (χ0v) is 12.1. The molecule has 0 aliphatic carbocycles. The molecule has 0 atom stereocenters. The van der Waals surface area contributed by atoms with Crippen LogP contribution in [0.1, 0.15) is 54.4 Å². The monoisotopic (exact) mass is 241 g/mol. The molecule has 1 aliphatic rings. The Labute approximate surface area is 105 Å². The number of carbonyl (C=O) groups is 1. The van der Waals surface area contributed by atoms with Crippen LogP contribution in [0.15, 0.2) is 0 Å². The van der Waals surface area contributed by atoms with Crippen molar-refractivity contribution in [2.24, 2.45) is 10.8 Å². The topological polar surface area (TPSA) is 38.3 Å². The number of hydrogen-bond acceptors (Lipinski definition) is 2. The summed E-state index contributed by atoms with van der Waals surface area (Å²) in [6.07, 6.45) is 1.82. The van der Waals surface area contributed by atoms with Crippen molar-refractivity contribution < 1.29 is 9.53 Å². The molecule has 0 unspecified atom stereocenters. The predicted octanol–water partition coefficient (Wildman–Crippen LogP) is 2.74. The van der Waals surface area contributed by atoms with Gasteiger partial charge in [-0.15, -0.1) is 0 Å². The number of amides is 1. The average molecular weight is 241 g/mol. The molecular formula is C14H27NO2. The largest absolute Gasteiger partial charge is 0.379 e. The molecule has 1 saturated heterocycles. The molecule has 0 aromatic heterocycles. The van der Waals surface area contributed by atoms with Crippen molar-refractivity contribution in [3.63, 3.8) is 0 Å². The molecule has 0 spiro atoms. The molecule has 3 nitrogen and oxygen atoms in total. The summed E-state index contributed by atoms with van der Waals surface area (Å²) in [7, 11) is 0. The van der Waals surface area contributed by atoms with Crippen LogP contribution in [-0.2, 0) is 9.53 Å². The zero-order valence-electron chi connectivity index (χ0n) is 12.1. The third-order valence-electron chi connectivity index (χ3n) is 3.34. The van der Waals surface area contributed by atoms with Crippen LogP contribution >= 0.6 is 0 Å². The second-order valence-corrected chi connectivity index (χ2v) is 7.20. The fourth-order valence-corrected chi connectivity index (χ4v) is 2.65. The van der Waals surface area contributed by atoms with Crippen molar-refractivity contribution in [3.8, 4) is 0 Å². The quantitative estimate of drug-likeness (QED) is 0.822. The van der Waals surface area contributed by atoms with Crippen LogP contribution in [0.2, 0.25) is 0 Å². The minimum Gasteiger partial charge on any atom is -0.379 e. The number of carbonyl (C=O) groups excluding carboxylic acids is 1. The van der Waals surface area contributed by atoms with Gasteiger partial charge in [0.15, 0.2) is 0 Å². The summed E-state index contributed by atoms with van der Waals surface area (Å²) in [6, 6.07) is 0. The summed E-state index contributed by atoms with van der Waals surface area (Å²) in [5.74, 6) is 0.153. The van der Waals surface area contributed by atoms with Gasteiger partial charge in [0.25, 0.3) is 0 Å². The number of nitrogens with one attached hydrogen (secondary N) is 1. The Hall–Kier alpha value is -0.570. The first-order valence-corrected chi connectivity index (χ1v) is 6.51. The molecule has 100 valence electrons. The van der Waals surface area contributed by atoms with E-state index in [-0.39, 0.29) is 22.3 Å². The van der Waals surface area contributed by atoms with Crippen LogP contribution in [-0.4, -0.2) is 24.7 Å². The SMILES string of the molecule is CCC1(C(=O)NC(C)(C)CC(C)(C)C)COC1. The van der Waals surface area contributed by atoms with Crippen molar-refractivity contribution in [3.05, 3.63) is 0 Å². The third kappa shape index (κ3) is 3.70. The lowest BCUT2D eigenvalue weighted by atomic mass is 9.78. The maximum atomic E-state index is 12.3.